The van der Waals surface area contributed by atoms with E-state index in [1.54, 1.807) is 0 Å². The highest BCUT2D eigenvalue weighted by Crippen LogP contribution is 2.48. The molecule has 0 amide bonds. The molecule has 0 nitrogen and oxygen atoms in total. The van der Waals surface area contributed by atoms with Gasteiger partial charge in [0, 0.05) is 10.9 Å². The van der Waals surface area contributed by atoms with Crippen molar-refractivity contribution in [3.05, 3.63) is 146 Å². The van der Waals surface area contributed by atoms with Crippen molar-refractivity contribution in [1.82, 2.24) is 0 Å². The largest absolute Gasteiger partial charge is 0.0843 e. The van der Waals surface area contributed by atoms with Gasteiger partial charge < -0.3 is 0 Å². The molecular weight excluding hydrogens is 432 g/mol. The van der Waals surface area contributed by atoms with E-state index in [1.165, 1.54) is 66.1 Å². The van der Waals surface area contributed by atoms with Crippen LogP contribution in [0.2, 0.25) is 5.02 Å². The zero-order valence-corrected chi connectivity index (χ0v) is 19.7. The number of halogens is 1. The van der Waals surface area contributed by atoms with Crippen LogP contribution in [0.25, 0.3) is 28.3 Å². The summed E-state index contributed by atoms with van der Waals surface area (Å²) >= 11 is 6.43. The summed E-state index contributed by atoms with van der Waals surface area (Å²) in [5.41, 5.74) is 13.7. The summed E-state index contributed by atoms with van der Waals surface area (Å²) in [5, 5.41) is 3.42. The van der Waals surface area contributed by atoms with Gasteiger partial charge in [0.25, 0.3) is 0 Å². The van der Waals surface area contributed by atoms with Crippen LogP contribution in [0.1, 0.15) is 35.1 Å². The van der Waals surface area contributed by atoms with Crippen molar-refractivity contribution in [2.75, 3.05) is 0 Å². The summed E-state index contributed by atoms with van der Waals surface area (Å²) in [6.07, 6.45) is 5.83. The Balaban J connectivity index is 1.50. The fourth-order valence-corrected chi connectivity index (χ4v) is 6.33. The third-order valence-corrected chi connectivity index (χ3v) is 7.80. The van der Waals surface area contributed by atoms with Gasteiger partial charge in [0.2, 0.25) is 0 Å². The summed E-state index contributed by atoms with van der Waals surface area (Å²) in [4.78, 5) is 0. The third kappa shape index (κ3) is 2.85. The summed E-state index contributed by atoms with van der Waals surface area (Å²) in [6.45, 7) is 2.27. The second-order valence-electron chi connectivity index (χ2n) is 9.48. The minimum atomic E-state index is 0.186. The van der Waals surface area contributed by atoms with Gasteiger partial charge in [-0.1, -0.05) is 96.5 Å². The van der Waals surface area contributed by atoms with Gasteiger partial charge in [0.1, 0.15) is 0 Å². The normalized spacial score (nSPS) is 17.5. The van der Waals surface area contributed by atoms with Gasteiger partial charge in [0.05, 0.1) is 0 Å². The van der Waals surface area contributed by atoms with Crippen LogP contribution in [-0.2, 0) is 6.42 Å². The van der Waals surface area contributed by atoms with Crippen molar-refractivity contribution in [3.63, 3.8) is 0 Å². The molecule has 162 valence electrons. The molecule has 7 rings (SSSR count). The van der Waals surface area contributed by atoms with Crippen molar-refractivity contribution < 1.29 is 0 Å². The van der Waals surface area contributed by atoms with Crippen molar-refractivity contribution >= 4 is 28.8 Å². The molecule has 3 aliphatic rings. The summed E-state index contributed by atoms with van der Waals surface area (Å²) in [7, 11) is 0. The number of hydrogen-bond acceptors (Lipinski definition) is 0. The van der Waals surface area contributed by atoms with E-state index in [0.29, 0.717) is 0 Å². The molecule has 1 atom stereocenters. The number of fused-ring (bicyclic) bond motifs is 5. The van der Waals surface area contributed by atoms with Crippen LogP contribution in [-0.4, -0.2) is 0 Å². The fourth-order valence-electron chi connectivity index (χ4n) is 6.13. The number of rotatable bonds is 2. The highest BCUT2D eigenvalue weighted by atomic mass is 35.5. The Morgan fingerprint density at radius 1 is 0.765 bits per heavy atom. The number of allylic oxidation sites excluding steroid dienone is 4. The first-order valence-electron chi connectivity index (χ1n) is 11.9. The van der Waals surface area contributed by atoms with Gasteiger partial charge in [-0.15, -0.1) is 0 Å². The maximum Gasteiger partial charge on any atom is 0.0409 e. The lowest BCUT2D eigenvalue weighted by atomic mass is 9.75. The molecule has 0 saturated carbocycles. The average molecular weight is 455 g/mol. The van der Waals surface area contributed by atoms with Crippen molar-refractivity contribution in [2.24, 2.45) is 0 Å². The van der Waals surface area contributed by atoms with Crippen LogP contribution < -0.4 is 10.4 Å². The van der Waals surface area contributed by atoms with Crippen LogP contribution in [0.15, 0.2) is 108 Å². The molecule has 3 aliphatic carbocycles. The van der Waals surface area contributed by atoms with Crippen molar-refractivity contribution in [3.8, 4) is 11.1 Å². The molecule has 0 fully saturated rings. The zero-order valence-electron chi connectivity index (χ0n) is 19.0. The molecule has 0 bridgehead atoms. The summed E-state index contributed by atoms with van der Waals surface area (Å²) in [5.74, 6) is 0.186. The van der Waals surface area contributed by atoms with E-state index in [-0.39, 0.29) is 5.92 Å². The standard InChI is InChI=1S/C33H23Cl/c1-20-16-29(21-10-6-11-24(34)17-21)33-26-13-5-3-9-23(26)19-31(33)32(20)28-15-7-14-27-25-12-4-2-8-22(25)18-30(27)28/h2-17,19,29H,18H2,1H3. The Labute approximate surface area is 204 Å². The topological polar surface area (TPSA) is 0 Å². The van der Waals surface area contributed by atoms with Crippen LogP contribution in [0.3, 0.4) is 0 Å². The van der Waals surface area contributed by atoms with E-state index in [2.05, 4.69) is 104 Å². The van der Waals surface area contributed by atoms with Gasteiger partial charge in [-0.05, 0) is 97.7 Å². The highest BCUT2D eigenvalue weighted by Gasteiger charge is 2.31. The van der Waals surface area contributed by atoms with E-state index >= 15 is 0 Å². The molecule has 34 heavy (non-hydrogen) atoms. The van der Waals surface area contributed by atoms with Crippen molar-refractivity contribution in [1.29, 1.82) is 0 Å². The number of benzene rings is 4. The maximum atomic E-state index is 6.43. The highest BCUT2D eigenvalue weighted by molar-refractivity contribution is 6.30. The lowest BCUT2D eigenvalue weighted by molar-refractivity contribution is 1.07. The van der Waals surface area contributed by atoms with Crippen LogP contribution in [0, 0.1) is 0 Å². The molecular formula is C33H23Cl. The zero-order chi connectivity index (χ0) is 22.8. The average Bonchev–Trinajstić information content (AvgIpc) is 3.42. The Morgan fingerprint density at radius 3 is 2.44 bits per heavy atom. The SMILES string of the molecule is CC1=CC(c2cccc(Cl)c2)C2=c3ccccc3=CC2=C1c1cccc2c1Cc1ccccc1-2. The van der Waals surface area contributed by atoms with Gasteiger partial charge in [-0.3, -0.25) is 0 Å². The Morgan fingerprint density at radius 2 is 1.53 bits per heavy atom. The number of hydrogen-bond donors (Lipinski definition) is 0. The Kier molecular flexibility index (Phi) is 4.34. The lowest BCUT2D eigenvalue weighted by Gasteiger charge is -2.28. The molecule has 1 unspecified atom stereocenters. The predicted molar refractivity (Wildman–Crippen MR) is 143 cm³/mol. The maximum absolute atomic E-state index is 6.43. The molecule has 0 heterocycles. The van der Waals surface area contributed by atoms with E-state index < -0.39 is 0 Å². The molecule has 0 aromatic heterocycles. The minimum absolute atomic E-state index is 0.186. The first kappa shape index (κ1) is 19.8. The molecule has 0 N–H and O–H groups in total. The first-order chi connectivity index (χ1) is 16.7. The van der Waals surface area contributed by atoms with Gasteiger partial charge >= 0.3 is 0 Å². The smallest absolute Gasteiger partial charge is 0.0409 e. The monoisotopic (exact) mass is 454 g/mol. The van der Waals surface area contributed by atoms with Crippen molar-refractivity contribution in [2.45, 2.75) is 19.3 Å². The Hall–Kier alpha value is -3.61. The second-order valence-corrected chi connectivity index (χ2v) is 9.92. The molecule has 0 radical (unpaired) electrons. The third-order valence-electron chi connectivity index (χ3n) is 7.56. The van der Waals surface area contributed by atoms with E-state index in [0.717, 1.165) is 11.4 Å². The van der Waals surface area contributed by atoms with Gasteiger partial charge in [-0.25, -0.2) is 0 Å². The Bertz CT molecular complexity index is 1700. The molecule has 0 aliphatic heterocycles. The van der Waals surface area contributed by atoms with Gasteiger partial charge in [-0.2, -0.15) is 0 Å². The molecule has 0 saturated heterocycles. The quantitative estimate of drug-likeness (QED) is 0.268. The predicted octanol–water partition coefficient (Wildman–Crippen LogP) is 7.05. The minimum Gasteiger partial charge on any atom is -0.0843 e. The fraction of sp³-hybridized carbons (Fsp3) is 0.0909. The van der Waals surface area contributed by atoms with Crippen LogP contribution >= 0.6 is 11.6 Å². The lowest BCUT2D eigenvalue weighted by Crippen LogP contribution is -2.24. The first-order valence-corrected chi connectivity index (χ1v) is 12.3. The molecule has 1 heteroatoms. The summed E-state index contributed by atoms with van der Waals surface area (Å²) < 4.78 is 0. The molecule has 0 spiro atoms. The van der Waals surface area contributed by atoms with Crippen LogP contribution in [0.5, 0.6) is 0 Å². The summed E-state index contributed by atoms with van der Waals surface area (Å²) in [6, 6.07) is 32.8. The molecule has 4 aromatic rings. The van der Waals surface area contributed by atoms with E-state index in [9.17, 15) is 0 Å². The van der Waals surface area contributed by atoms with E-state index in [1.807, 2.05) is 6.07 Å². The van der Waals surface area contributed by atoms with Gasteiger partial charge in [0.15, 0.2) is 0 Å². The second kappa shape index (κ2) is 7.45. The molecule has 4 aromatic carbocycles. The van der Waals surface area contributed by atoms with E-state index in [4.69, 9.17) is 11.6 Å². The van der Waals surface area contributed by atoms with Crippen LogP contribution in [0.4, 0.5) is 0 Å².